The van der Waals surface area contributed by atoms with Crippen molar-refractivity contribution in [2.45, 2.75) is 112 Å². The zero-order valence-electron chi connectivity index (χ0n) is 29.3. The number of aromatic nitrogens is 2. The van der Waals surface area contributed by atoms with E-state index in [1.165, 1.54) is 31.1 Å². The first-order valence-corrected chi connectivity index (χ1v) is 19.3. The second kappa shape index (κ2) is 13.4. The largest absolute Gasteiger partial charge is 0.483 e. The predicted molar refractivity (Wildman–Crippen MR) is 184 cm³/mol. The van der Waals surface area contributed by atoms with Crippen LogP contribution in [0.5, 0.6) is 11.6 Å². The van der Waals surface area contributed by atoms with Gasteiger partial charge in [0, 0.05) is 24.0 Å². The maximum Gasteiger partial charge on any atom is 0.405 e. The number of carbonyl (C=O) groups is 4. The summed E-state index contributed by atoms with van der Waals surface area (Å²) in [5, 5.41) is 14.7. The van der Waals surface area contributed by atoms with Crippen LogP contribution in [0.1, 0.15) is 88.8 Å². The smallest absolute Gasteiger partial charge is 0.405 e. The summed E-state index contributed by atoms with van der Waals surface area (Å²) in [5.41, 5.74) is -2.76. The van der Waals surface area contributed by atoms with Crippen molar-refractivity contribution in [1.29, 1.82) is 0 Å². The fourth-order valence-electron chi connectivity index (χ4n) is 7.81. The maximum absolute atomic E-state index is 14.6. The standard InChI is InChI=1S/C35H42F2N6O9S/c1-33(14-15-33)53(49,50)42-31(46)35-16-19(35)8-6-4-3-5-7-9-22(39-32(47)48)30(45)43-18-34(17-23(43)29(44)41-35)13-12-20-25-21(10-11-24(40-25)51-2)38-26(28(36)37)27(20)52-34/h6,8,10-11,19,22-23,28,39H,3-5,7,9,12-18H2,1-2H3,(H,41,44)(H,42,46)(H,47,48)/t19-,22+,23+,34-,35-/m1/s1. The Morgan fingerprint density at radius 3 is 2.60 bits per heavy atom. The molecule has 2 aromatic rings. The number of nitrogens with zero attached hydrogens (tertiary/aromatic N) is 3. The van der Waals surface area contributed by atoms with Gasteiger partial charge in [-0.1, -0.05) is 25.0 Å². The second-order valence-corrected chi connectivity index (χ2v) is 17.2. The topological polar surface area (TPSA) is 206 Å². The van der Waals surface area contributed by atoms with Crippen molar-refractivity contribution in [3.8, 4) is 11.6 Å². The number of rotatable bonds is 6. The molecule has 4 amide bonds. The van der Waals surface area contributed by atoms with Crippen LogP contribution in [0.3, 0.4) is 0 Å². The molecule has 0 aromatic carbocycles. The van der Waals surface area contributed by atoms with Gasteiger partial charge in [0.2, 0.25) is 27.7 Å². The maximum atomic E-state index is 14.6. The Bertz CT molecular complexity index is 2010. The molecule has 2 aromatic heterocycles. The van der Waals surface area contributed by atoms with Gasteiger partial charge in [0.25, 0.3) is 12.3 Å². The van der Waals surface area contributed by atoms with E-state index >= 15 is 0 Å². The van der Waals surface area contributed by atoms with Crippen molar-refractivity contribution in [2.24, 2.45) is 5.92 Å². The van der Waals surface area contributed by atoms with Crippen molar-refractivity contribution in [1.82, 2.24) is 30.2 Å². The van der Waals surface area contributed by atoms with Gasteiger partial charge in [0.05, 0.1) is 29.4 Å². The van der Waals surface area contributed by atoms with E-state index in [0.717, 1.165) is 0 Å². The molecule has 3 fully saturated rings. The van der Waals surface area contributed by atoms with Crippen LogP contribution in [-0.4, -0.2) is 93.8 Å². The lowest BCUT2D eigenvalue weighted by atomic mass is 9.88. The molecule has 2 aliphatic carbocycles. The number of carboxylic acid groups (broad SMARTS) is 1. The number of hydrogen-bond donors (Lipinski definition) is 4. The van der Waals surface area contributed by atoms with Crippen LogP contribution in [0.2, 0.25) is 0 Å². The van der Waals surface area contributed by atoms with Crippen LogP contribution in [-0.2, 0) is 30.8 Å². The van der Waals surface area contributed by atoms with Crippen LogP contribution in [0.25, 0.3) is 11.0 Å². The SMILES string of the molecule is COc1ccc2nc(C(F)F)c3c(c2n1)CC[C@]1(C[C@H]2C(=O)N[C@]4(C(=O)NS(=O)(=O)C5(C)CC5)C[C@H]4C=CCCCCC[C@H](NC(=O)O)C(=O)N2C1)O3. The minimum atomic E-state index is -4.06. The number of halogens is 2. The lowest BCUT2D eigenvalue weighted by Crippen LogP contribution is -2.58. The number of nitrogens with one attached hydrogen (secondary N) is 3. The average molecular weight is 761 g/mol. The first-order valence-electron chi connectivity index (χ1n) is 17.8. The summed E-state index contributed by atoms with van der Waals surface area (Å²) in [7, 11) is -2.64. The summed E-state index contributed by atoms with van der Waals surface area (Å²) in [6.45, 7) is 1.28. The number of allylic oxidation sites excluding steroid dienone is 1. The summed E-state index contributed by atoms with van der Waals surface area (Å²) < 4.78 is 68.1. The number of pyridine rings is 2. The molecule has 0 radical (unpaired) electrons. The molecule has 5 atom stereocenters. The Labute approximate surface area is 304 Å². The van der Waals surface area contributed by atoms with Gasteiger partial charge >= 0.3 is 6.09 Å². The van der Waals surface area contributed by atoms with Gasteiger partial charge in [-0.15, -0.1) is 0 Å². The minimum absolute atomic E-state index is 0.110. The third-order valence-corrected chi connectivity index (χ3v) is 13.5. The van der Waals surface area contributed by atoms with Crippen LogP contribution in [0.15, 0.2) is 24.3 Å². The third kappa shape index (κ3) is 6.74. The summed E-state index contributed by atoms with van der Waals surface area (Å²) >= 11 is 0. The highest BCUT2D eigenvalue weighted by atomic mass is 32.2. The Kier molecular flexibility index (Phi) is 9.26. The molecule has 7 rings (SSSR count). The van der Waals surface area contributed by atoms with E-state index < -0.39 is 79.8 Å². The van der Waals surface area contributed by atoms with Crippen LogP contribution in [0.4, 0.5) is 13.6 Å². The van der Waals surface area contributed by atoms with Crippen LogP contribution < -0.4 is 24.8 Å². The monoisotopic (exact) mass is 760 g/mol. The zero-order valence-corrected chi connectivity index (χ0v) is 30.1. The number of fused-ring (bicyclic) bond motifs is 5. The molecule has 1 saturated heterocycles. The highest BCUT2D eigenvalue weighted by Crippen LogP contribution is 2.49. The minimum Gasteiger partial charge on any atom is -0.483 e. The molecule has 1 spiro atoms. The first-order chi connectivity index (χ1) is 25.1. The molecule has 53 heavy (non-hydrogen) atoms. The summed E-state index contributed by atoms with van der Waals surface area (Å²) in [4.78, 5) is 64.1. The molecular formula is C35H42F2N6O9S. The molecular weight excluding hydrogens is 718 g/mol. The second-order valence-electron chi connectivity index (χ2n) is 15.0. The molecule has 3 aliphatic heterocycles. The van der Waals surface area contributed by atoms with E-state index in [0.29, 0.717) is 49.6 Å². The van der Waals surface area contributed by atoms with E-state index in [2.05, 4.69) is 25.3 Å². The van der Waals surface area contributed by atoms with Crippen molar-refractivity contribution in [2.75, 3.05) is 13.7 Å². The number of methoxy groups -OCH3 is 1. The molecule has 4 N–H and O–H groups in total. The number of carbonyl (C=O) groups excluding carboxylic acids is 3. The van der Waals surface area contributed by atoms with Gasteiger partial charge in [0.1, 0.15) is 28.9 Å². The lowest BCUT2D eigenvalue weighted by Gasteiger charge is -2.36. The number of ether oxygens (including phenoxy) is 2. The quantitative estimate of drug-likeness (QED) is 0.315. The lowest BCUT2D eigenvalue weighted by molar-refractivity contribution is -0.141. The Morgan fingerprint density at radius 2 is 1.91 bits per heavy atom. The molecule has 286 valence electrons. The summed E-state index contributed by atoms with van der Waals surface area (Å²) in [5.74, 6) is -2.89. The van der Waals surface area contributed by atoms with Crippen molar-refractivity contribution in [3.05, 3.63) is 35.5 Å². The molecule has 0 unspecified atom stereocenters. The van der Waals surface area contributed by atoms with Gasteiger partial charge in [-0.25, -0.2) is 32.0 Å². The molecule has 2 saturated carbocycles. The van der Waals surface area contributed by atoms with E-state index in [9.17, 15) is 41.5 Å². The van der Waals surface area contributed by atoms with E-state index in [1.807, 2.05) is 6.08 Å². The van der Waals surface area contributed by atoms with Gasteiger partial charge in [-0.2, -0.15) is 0 Å². The molecule has 18 heteroatoms. The first kappa shape index (κ1) is 36.7. The van der Waals surface area contributed by atoms with Crippen molar-refractivity contribution in [3.63, 3.8) is 0 Å². The molecule has 0 bridgehead atoms. The molecule has 5 heterocycles. The van der Waals surface area contributed by atoms with Gasteiger partial charge in [0.15, 0.2) is 5.75 Å². The van der Waals surface area contributed by atoms with E-state index in [1.54, 1.807) is 6.08 Å². The Hall–Kier alpha value is -4.61. The van der Waals surface area contributed by atoms with Gasteiger partial charge < -0.3 is 30.1 Å². The zero-order chi connectivity index (χ0) is 37.9. The normalized spacial score (nSPS) is 29.5. The fourth-order valence-corrected chi connectivity index (χ4v) is 9.12. The Balaban J connectivity index is 1.26. The van der Waals surface area contributed by atoms with Crippen LogP contribution in [0, 0.1) is 5.92 Å². The van der Waals surface area contributed by atoms with Crippen molar-refractivity contribution >= 4 is 44.9 Å². The van der Waals surface area contributed by atoms with Crippen LogP contribution >= 0.6 is 0 Å². The van der Waals surface area contributed by atoms with Crippen molar-refractivity contribution < 1.29 is 51.0 Å². The van der Waals surface area contributed by atoms with E-state index in [-0.39, 0.29) is 55.8 Å². The number of aryl methyl sites for hydroxylation is 1. The summed E-state index contributed by atoms with van der Waals surface area (Å²) in [6.07, 6.45) is 2.80. The number of hydrogen-bond acceptors (Lipinski definition) is 10. The molecule has 5 aliphatic rings. The van der Waals surface area contributed by atoms with E-state index in [4.69, 9.17) is 9.47 Å². The van der Waals surface area contributed by atoms with Gasteiger partial charge in [-0.05, 0) is 64.4 Å². The third-order valence-electron chi connectivity index (χ3n) is 11.4. The predicted octanol–water partition coefficient (Wildman–Crippen LogP) is 3.27. The highest BCUT2D eigenvalue weighted by molar-refractivity contribution is 7.91. The highest BCUT2D eigenvalue weighted by Gasteiger charge is 2.64. The number of amides is 4. The van der Waals surface area contributed by atoms with Gasteiger partial charge in [-0.3, -0.25) is 19.1 Å². The average Bonchev–Trinajstić information content (AvgIpc) is 4.00. The fraction of sp³-hybridized carbons (Fsp3) is 0.600. The number of sulfonamides is 1. The summed E-state index contributed by atoms with van der Waals surface area (Å²) in [6, 6.07) is 0.459. The molecule has 15 nitrogen and oxygen atoms in total. The number of alkyl halides is 2. The Morgan fingerprint density at radius 1 is 1.13 bits per heavy atom.